The smallest absolute Gasteiger partial charge is 0.257 e. The van der Waals surface area contributed by atoms with Gasteiger partial charge in [-0.3, -0.25) is 10.1 Å². The number of hydrogen-bond donors (Lipinski definition) is 1. The van der Waals surface area contributed by atoms with E-state index in [2.05, 4.69) is 42.2 Å². The number of halogens is 2. The molecule has 0 fully saturated rings. The van der Waals surface area contributed by atoms with Crippen molar-refractivity contribution in [1.29, 1.82) is 0 Å². The summed E-state index contributed by atoms with van der Waals surface area (Å²) >= 11 is 8.20. The monoisotopic (exact) mass is 436 g/mol. The fourth-order valence-corrected chi connectivity index (χ4v) is 3.26. The van der Waals surface area contributed by atoms with Gasteiger partial charge in [-0.05, 0) is 36.4 Å². The average Bonchev–Trinajstić information content (AvgIpc) is 2.96. The van der Waals surface area contributed by atoms with E-state index in [-0.39, 0.29) is 5.91 Å². The summed E-state index contributed by atoms with van der Waals surface area (Å²) in [4.78, 5) is 16.6. The SMILES string of the molecule is O=C(Nc1nc(-c2cccc(Br)c2)cs1)c1ccc(Br)cc1. The van der Waals surface area contributed by atoms with E-state index in [4.69, 9.17) is 0 Å². The van der Waals surface area contributed by atoms with Crippen LogP contribution in [0, 0.1) is 0 Å². The number of aromatic nitrogens is 1. The molecule has 1 heterocycles. The van der Waals surface area contributed by atoms with Gasteiger partial charge in [0.05, 0.1) is 5.69 Å². The molecule has 0 saturated carbocycles. The van der Waals surface area contributed by atoms with Crippen LogP contribution in [0.1, 0.15) is 10.4 Å². The first-order valence-corrected chi connectivity index (χ1v) is 8.87. The molecular formula is C16H10Br2N2OS. The van der Waals surface area contributed by atoms with Crippen LogP contribution in [0.4, 0.5) is 5.13 Å². The molecule has 6 heteroatoms. The van der Waals surface area contributed by atoms with Crippen molar-refractivity contribution in [3.63, 3.8) is 0 Å². The summed E-state index contributed by atoms with van der Waals surface area (Å²) in [7, 11) is 0. The molecule has 110 valence electrons. The highest BCUT2D eigenvalue weighted by Crippen LogP contribution is 2.27. The number of hydrogen-bond acceptors (Lipinski definition) is 3. The summed E-state index contributed by atoms with van der Waals surface area (Å²) in [5.41, 5.74) is 2.45. The van der Waals surface area contributed by atoms with Crippen molar-refractivity contribution in [1.82, 2.24) is 4.98 Å². The van der Waals surface area contributed by atoms with E-state index in [0.717, 1.165) is 20.2 Å². The van der Waals surface area contributed by atoms with Gasteiger partial charge in [0.25, 0.3) is 5.91 Å². The van der Waals surface area contributed by atoms with Gasteiger partial charge in [0.1, 0.15) is 0 Å². The van der Waals surface area contributed by atoms with Crippen molar-refractivity contribution in [3.8, 4) is 11.3 Å². The van der Waals surface area contributed by atoms with Crippen LogP contribution in [0.2, 0.25) is 0 Å². The molecule has 0 unspecified atom stereocenters. The minimum atomic E-state index is -0.164. The van der Waals surface area contributed by atoms with Crippen LogP contribution in [-0.2, 0) is 0 Å². The second kappa shape index (κ2) is 6.73. The summed E-state index contributed by atoms with van der Waals surface area (Å²) in [5, 5.41) is 5.34. The number of thiazole rings is 1. The molecule has 0 bridgehead atoms. The zero-order valence-corrected chi connectivity index (χ0v) is 15.2. The van der Waals surface area contributed by atoms with Crippen molar-refractivity contribution in [2.75, 3.05) is 5.32 Å². The molecule has 22 heavy (non-hydrogen) atoms. The van der Waals surface area contributed by atoms with E-state index < -0.39 is 0 Å². The molecule has 0 spiro atoms. The van der Waals surface area contributed by atoms with Crippen LogP contribution < -0.4 is 5.32 Å². The third-order valence-corrected chi connectivity index (χ3v) is 4.73. The molecule has 0 aliphatic heterocycles. The maximum absolute atomic E-state index is 12.2. The van der Waals surface area contributed by atoms with Crippen LogP contribution in [0.5, 0.6) is 0 Å². The van der Waals surface area contributed by atoms with Crippen LogP contribution in [0.25, 0.3) is 11.3 Å². The Kier molecular flexibility index (Phi) is 4.71. The molecule has 2 aromatic carbocycles. The Labute approximate surface area is 148 Å². The summed E-state index contributed by atoms with van der Waals surface area (Å²) in [5.74, 6) is -0.164. The molecule has 3 aromatic rings. The van der Waals surface area contributed by atoms with Gasteiger partial charge < -0.3 is 0 Å². The van der Waals surface area contributed by atoms with Crippen molar-refractivity contribution in [2.24, 2.45) is 0 Å². The number of rotatable bonds is 3. The molecule has 0 saturated heterocycles. The molecule has 0 aliphatic carbocycles. The fraction of sp³-hybridized carbons (Fsp3) is 0. The minimum Gasteiger partial charge on any atom is -0.298 e. The first kappa shape index (κ1) is 15.4. The number of benzene rings is 2. The van der Waals surface area contributed by atoms with Crippen LogP contribution in [0.15, 0.2) is 62.9 Å². The molecule has 1 amide bonds. The first-order chi connectivity index (χ1) is 10.6. The quantitative estimate of drug-likeness (QED) is 0.580. The van der Waals surface area contributed by atoms with Gasteiger partial charge >= 0.3 is 0 Å². The molecule has 1 aromatic heterocycles. The van der Waals surface area contributed by atoms with E-state index in [1.807, 2.05) is 41.8 Å². The Hall–Kier alpha value is -1.50. The third kappa shape index (κ3) is 3.63. The Morgan fingerprint density at radius 3 is 2.55 bits per heavy atom. The highest BCUT2D eigenvalue weighted by Gasteiger charge is 2.10. The van der Waals surface area contributed by atoms with E-state index in [1.54, 1.807) is 12.1 Å². The van der Waals surface area contributed by atoms with Crippen molar-refractivity contribution in [2.45, 2.75) is 0 Å². The molecular weight excluding hydrogens is 428 g/mol. The summed E-state index contributed by atoms with van der Waals surface area (Å²) in [6, 6.07) is 15.1. The molecule has 3 nitrogen and oxygen atoms in total. The predicted molar refractivity (Wildman–Crippen MR) is 97.3 cm³/mol. The number of carbonyl (C=O) groups excluding carboxylic acids is 1. The number of carbonyl (C=O) groups is 1. The number of nitrogens with zero attached hydrogens (tertiary/aromatic N) is 1. The van der Waals surface area contributed by atoms with E-state index in [0.29, 0.717) is 10.7 Å². The predicted octanol–water partition coefficient (Wildman–Crippen LogP) is 5.59. The normalized spacial score (nSPS) is 10.5. The average molecular weight is 438 g/mol. The summed E-state index contributed by atoms with van der Waals surface area (Å²) in [6.45, 7) is 0. The van der Waals surface area contributed by atoms with Crippen LogP contribution >= 0.6 is 43.2 Å². The molecule has 3 rings (SSSR count). The van der Waals surface area contributed by atoms with Gasteiger partial charge in [0.15, 0.2) is 5.13 Å². The Morgan fingerprint density at radius 2 is 1.82 bits per heavy atom. The van der Waals surface area contributed by atoms with E-state index in [1.165, 1.54) is 11.3 Å². The lowest BCUT2D eigenvalue weighted by Crippen LogP contribution is -2.11. The maximum Gasteiger partial charge on any atom is 0.257 e. The van der Waals surface area contributed by atoms with Crippen molar-refractivity contribution in [3.05, 3.63) is 68.4 Å². The number of amides is 1. The van der Waals surface area contributed by atoms with E-state index >= 15 is 0 Å². The van der Waals surface area contributed by atoms with Crippen LogP contribution in [-0.4, -0.2) is 10.9 Å². The van der Waals surface area contributed by atoms with Gasteiger partial charge in [0, 0.05) is 25.5 Å². The van der Waals surface area contributed by atoms with Gasteiger partial charge in [-0.1, -0.05) is 44.0 Å². The first-order valence-electron chi connectivity index (χ1n) is 6.40. The Balaban J connectivity index is 1.77. The van der Waals surface area contributed by atoms with Gasteiger partial charge in [-0.25, -0.2) is 4.98 Å². The Bertz CT molecular complexity index is 815. The number of nitrogens with one attached hydrogen (secondary N) is 1. The highest BCUT2D eigenvalue weighted by molar-refractivity contribution is 9.10. The minimum absolute atomic E-state index is 0.164. The van der Waals surface area contributed by atoms with Gasteiger partial charge in [-0.15, -0.1) is 11.3 Å². The molecule has 0 radical (unpaired) electrons. The third-order valence-electron chi connectivity index (χ3n) is 2.95. The second-order valence-corrected chi connectivity index (χ2v) is 7.20. The molecule has 1 N–H and O–H groups in total. The largest absolute Gasteiger partial charge is 0.298 e. The summed E-state index contributed by atoms with van der Waals surface area (Å²) < 4.78 is 1.94. The topological polar surface area (TPSA) is 42.0 Å². The lowest BCUT2D eigenvalue weighted by molar-refractivity contribution is 0.102. The summed E-state index contributed by atoms with van der Waals surface area (Å²) in [6.07, 6.45) is 0. The Morgan fingerprint density at radius 1 is 1.05 bits per heavy atom. The lowest BCUT2D eigenvalue weighted by atomic mass is 10.2. The zero-order chi connectivity index (χ0) is 15.5. The van der Waals surface area contributed by atoms with E-state index in [9.17, 15) is 4.79 Å². The number of anilines is 1. The zero-order valence-electron chi connectivity index (χ0n) is 11.2. The molecule has 0 aliphatic rings. The highest BCUT2D eigenvalue weighted by atomic mass is 79.9. The second-order valence-electron chi connectivity index (χ2n) is 4.51. The van der Waals surface area contributed by atoms with Crippen molar-refractivity contribution < 1.29 is 4.79 Å². The van der Waals surface area contributed by atoms with Gasteiger partial charge in [-0.2, -0.15) is 0 Å². The van der Waals surface area contributed by atoms with Crippen LogP contribution in [0.3, 0.4) is 0 Å². The molecule has 0 atom stereocenters. The van der Waals surface area contributed by atoms with Gasteiger partial charge in [0.2, 0.25) is 0 Å². The standard InChI is InChI=1S/C16H10Br2N2OS/c17-12-6-4-10(5-7-12)15(21)20-16-19-14(9-22-16)11-2-1-3-13(18)8-11/h1-9H,(H,19,20,21). The fourth-order valence-electron chi connectivity index (χ4n) is 1.88. The lowest BCUT2D eigenvalue weighted by Gasteiger charge is -2.01. The van der Waals surface area contributed by atoms with Crippen molar-refractivity contribution >= 4 is 54.2 Å². The maximum atomic E-state index is 12.2.